The Hall–Kier alpha value is -1.35. The smallest absolute Gasteiger partial charge is 0.330 e. The molecule has 16 heavy (non-hydrogen) atoms. The summed E-state index contributed by atoms with van der Waals surface area (Å²) in [7, 11) is 0. The van der Waals surface area contributed by atoms with Crippen LogP contribution in [-0.2, 0) is 14.3 Å². The average Bonchev–Trinajstić information content (AvgIpc) is 2.31. The van der Waals surface area contributed by atoms with Gasteiger partial charge >= 0.3 is 5.97 Å². The number of esters is 1. The van der Waals surface area contributed by atoms with Crippen LogP contribution < -0.4 is 0 Å². The second-order valence-electron chi connectivity index (χ2n) is 3.14. The first-order valence-corrected chi connectivity index (χ1v) is 5.44. The van der Waals surface area contributed by atoms with E-state index in [0.717, 1.165) is 25.3 Å². The molecular formula is C13H20O3. The fraction of sp³-hybridized carbons (Fsp3) is 0.462. The van der Waals surface area contributed by atoms with Gasteiger partial charge in [0.2, 0.25) is 0 Å². The third kappa shape index (κ3) is 10.7. The number of carbonyl (C=O) groups is 1. The van der Waals surface area contributed by atoms with Crippen molar-refractivity contribution in [1.29, 1.82) is 0 Å². The van der Waals surface area contributed by atoms with Gasteiger partial charge in [-0.15, -0.1) is 6.58 Å². The van der Waals surface area contributed by atoms with Crippen LogP contribution in [0.3, 0.4) is 0 Å². The van der Waals surface area contributed by atoms with E-state index in [0.29, 0.717) is 13.2 Å². The van der Waals surface area contributed by atoms with E-state index in [1.807, 2.05) is 12.2 Å². The highest BCUT2D eigenvalue weighted by atomic mass is 16.6. The third-order valence-corrected chi connectivity index (χ3v) is 1.80. The Kier molecular flexibility index (Phi) is 10.7. The zero-order valence-electron chi connectivity index (χ0n) is 9.69. The van der Waals surface area contributed by atoms with Crippen LogP contribution in [0, 0.1) is 0 Å². The van der Waals surface area contributed by atoms with E-state index in [1.54, 1.807) is 0 Å². The monoisotopic (exact) mass is 224 g/mol. The summed E-state index contributed by atoms with van der Waals surface area (Å²) in [6.07, 6.45) is 10.3. The largest absolute Gasteiger partial charge is 0.460 e. The lowest BCUT2D eigenvalue weighted by atomic mass is 10.2. The molecule has 0 aliphatic carbocycles. The maximum atomic E-state index is 10.6. The SMILES string of the molecule is C=CCCC/C=C/COCCOC(=O)C=C. The molecule has 3 heteroatoms. The lowest BCUT2D eigenvalue weighted by molar-refractivity contribution is -0.139. The Labute approximate surface area is 97.4 Å². The molecule has 0 atom stereocenters. The second-order valence-corrected chi connectivity index (χ2v) is 3.14. The first-order chi connectivity index (χ1) is 7.81. The van der Waals surface area contributed by atoms with Crippen molar-refractivity contribution >= 4 is 5.97 Å². The van der Waals surface area contributed by atoms with Crippen LogP contribution in [0.15, 0.2) is 37.5 Å². The lowest BCUT2D eigenvalue weighted by Crippen LogP contribution is -2.08. The van der Waals surface area contributed by atoms with Gasteiger partial charge in [0.15, 0.2) is 0 Å². The molecule has 0 rings (SSSR count). The number of unbranched alkanes of at least 4 members (excludes halogenated alkanes) is 2. The van der Waals surface area contributed by atoms with Crippen molar-refractivity contribution in [2.75, 3.05) is 19.8 Å². The predicted molar refractivity (Wildman–Crippen MR) is 65.2 cm³/mol. The van der Waals surface area contributed by atoms with Crippen LogP contribution in [0.4, 0.5) is 0 Å². The summed E-state index contributed by atoms with van der Waals surface area (Å²) in [6.45, 7) is 8.18. The fourth-order valence-electron chi connectivity index (χ4n) is 0.977. The third-order valence-electron chi connectivity index (χ3n) is 1.80. The maximum Gasteiger partial charge on any atom is 0.330 e. The molecule has 0 aliphatic rings. The van der Waals surface area contributed by atoms with E-state index in [9.17, 15) is 4.79 Å². The Bertz CT molecular complexity index is 231. The Balaban J connectivity index is 3.17. The van der Waals surface area contributed by atoms with Crippen molar-refractivity contribution in [3.05, 3.63) is 37.5 Å². The molecule has 0 aliphatic heterocycles. The summed E-state index contributed by atoms with van der Waals surface area (Å²) in [5.74, 6) is -0.413. The van der Waals surface area contributed by atoms with E-state index in [2.05, 4.69) is 19.2 Å². The minimum absolute atomic E-state index is 0.273. The highest BCUT2D eigenvalue weighted by Gasteiger charge is 1.93. The molecule has 0 heterocycles. The van der Waals surface area contributed by atoms with Gasteiger partial charge in [-0.1, -0.05) is 24.8 Å². The highest BCUT2D eigenvalue weighted by molar-refractivity contribution is 5.81. The highest BCUT2D eigenvalue weighted by Crippen LogP contribution is 1.96. The van der Waals surface area contributed by atoms with Crippen LogP contribution in [0.5, 0.6) is 0 Å². The minimum Gasteiger partial charge on any atom is -0.460 e. The summed E-state index contributed by atoms with van der Waals surface area (Å²) in [6, 6.07) is 0. The predicted octanol–water partition coefficient (Wildman–Crippen LogP) is 2.64. The number of hydrogen-bond donors (Lipinski definition) is 0. The zero-order valence-corrected chi connectivity index (χ0v) is 9.69. The van der Waals surface area contributed by atoms with E-state index in [-0.39, 0.29) is 6.61 Å². The molecule has 90 valence electrons. The average molecular weight is 224 g/mol. The molecular weight excluding hydrogens is 204 g/mol. The number of ether oxygens (including phenoxy) is 2. The second kappa shape index (κ2) is 11.7. The van der Waals surface area contributed by atoms with Crippen LogP contribution in [-0.4, -0.2) is 25.8 Å². The van der Waals surface area contributed by atoms with Crippen LogP contribution in [0.25, 0.3) is 0 Å². The molecule has 0 fully saturated rings. The molecule has 0 radical (unpaired) electrons. The van der Waals surface area contributed by atoms with Crippen molar-refractivity contribution in [2.45, 2.75) is 19.3 Å². The normalized spacial score (nSPS) is 10.2. The molecule has 0 bridgehead atoms. The molecule has 0 unspecified atom stereocenters. The molecule has 0 aromatic heterocycles. The molecule has 0 amide bonds. The van der Waals surface area contributed by atoms with E-state index < -0.39 is 5.97 Å². The number of carbonyl (C=O) groups excluding carboxylic acids is 1. The van der Waals surface area contributed by atoms with Gasteiger partial charge in [0, 0.05) is 6.08 Å². The molecule has 0 saturated heterocycles. The number of rotatable bonds is 10. The van der Waals surface area contributed by atoms with Gasteiger partial charge < -0.3 is 9.47 Å². The lowest BCUT2D eigenvalue weighted by Gasteiger charge is -2.01. The van der Waals surface area contributed by atoms with Gasteiger partial charge in [-0.3, -0.25) is 0 Å². The van der Waals surface area contributed by atoms with E-state index in [1.165, 1.54) is 0 Å². The first kappa shape index (κ1) is 14.6. The Morgan fingerprint density at radius 2 is 1.94 bits per heavy atom. The first-order valence-electron chi connectivity index (χ1n) is 5.44. The van der Waals surface area contributed by atoms with Crippen molar-refractivity contribution in [3.63, 3.8) is 0 Å². The van der Waals surface area contributed by atoms with Gasteiger partial charge in [-0.25, -0.2) is 4.79 Å². The quantitative estimate of drug-likeness (QED) is 0.248. The molecule has 0 aromatic rings. The van der Waals surface area contributed by atoms with Gasteiger partial charge in [0.25, 0.3) is 0 Å². The van der Waals surface area contributed by atoms with Gasteiger partial charge in [-0.05, 0) is 19.3 Å². The van der Waals surface area contributed by atoms with Gasteiger partial charge in [0.1, 0.15) is 6.61 Å². The Morgan fingerprint density at radius 1 is 1.12 bits per heavy atom. The van der Waals surface area contributed by atoms with Crippen molar-refractivity contribution in [3.8, 4) is 0 Å². The van der Waals surface area contributed by atoms with Crippen LogP contribution >= 0.6 is 0 Å². The number of hydrogen-bond acceptors (Lipinski definition) is 3. The summed E-state index contributed by atoms with van der Waals surface area (Å²) in [5.41, 5.74) is 0. The summed E-state index contributed by atoms with van der Waals surface area (Å²) in [5, 5.41) is 0. The topological polar surface area (TPSA) is 35.5 Å². The van der Waals surface area contributed by atoms with Crippen molar-refractivity contribution < 1.29 is 14.3 Å². The van der Waals surface area contributed by atoms with Crippen LogP contribution in [0.1, 0.15) is 19.3 Å². The molecule has 0 spiro atoms. The number of allylic oxidation sites excluding steroid dienone is 2. The van der Waals surface area contributed by atoms with Crippen LogP contribution in [0.2, 0.25) is 0 Å². The molecule has 0 saturated carbocycles. The summed E-state index contributed by atoms with van der Waals surface area (Å²) in [4.78, 5) is 10.6. The standard InChI is InChI=1S/C13H20O3/c1-3-5-6-7-8-9-10-15-11-12-16-13(14)4-2/h3-4,8-9H,1-2,5-7,10-12H2/b9-8+. The fourth-order valence-corrected chi connectivity index (χ4v) is 0.977. The molecule has 0 aromatic carbocycles. The van der Waals surface area contributed by atoms with Gasteiger partial charge in [-0.2, -0.15) is 0 Å². The van der Waals surface area contributed by atoms with Crippen molar-refractivity contribution in [1.82, 2.24) is 0 Å². The molecule has 3 nitrogen and oxygen atoms in total. The Morgan fingerprint density at radius 3 is 2.62 bits per heavy atom. The summed E-state index contributed by atoms with van der Waals surface area (Å²) >= 11 is 0. The van der Waals surface area contributed by atoms with E-state index >= 15 is 0 Å². The minimum atomic E-state index is -0.413. The van der Waals surface area contributed by atoms with Gasteiger partial charge in [0.05, 0.1) is 13.2 Å². The van der Waals surface area contributed by atoms with Crippen molar-refractivity contribution in [2.24, 2.45) is 0 Å². The maximum absolute atomic E-state index is 10.6. The molecule has 0 N–H and O–H groups in total. The summed E-state index contributed by atoms with van der Waals surface area (Å²) < 4.78 is 9.95. The zero-order chi connectivity index (χ0) is 12.1. The van der Waals surface area contributed by atoms with E-state index in [4.69, 9.17) is 9.47 Å².